The van der Waals surface area contributed by atoms with E-state index in [2.05, 4.69) is 30.9 Å². The van der Waals surface area contributed by atoms with E-state index in [0.29, 0.717) is 34.7 Å². The molecule has 0 radical (unpaired) electrons. The average Bonchev–Trinajstić information content (AvgIpc) is 3.46. The van der Waals surface area contributed by atoms with Gasteiger partial charge in [0, 0.05) is 19.2 Å². The highest BCUT2D eigenvalue weighted by atomic mass is 32.2. The number of tetrazole rings is 1. The first-order valence-electron chi connectivity index (χ1n) is 10.3. The smallest absolute Gasteiger partial charge is 0.244 e. The molecule has 2 aromatic heterocycles. The summed E-state index contributed by atoms with van der Waals surface area (Å²) in [7, 11) is -5.71. The lowest BCUT2D eigenvalue weighted by Crippen LogP contribution is -2.31. The highest BCUT2D eigenvalue weighted by molar-refractivity contribution is 7.92. The number of fused-ring (bicyclic) bond motifs is 1. The van der Waals surface area contributed by atoms with E-state index in [0.717, 1.165) is 9.01 Å². The number of hydrogen-bond acceptors (Lipinski definition) is 11. The van der Waals surface area contributed by atoms with Crippen LogP contribution in [0.1, 0.15) is 6.42 Å². The van der Waals surface area contributed by atoms with Crippen LogP contribution in [0.4, 0.5) is 5.13 Å². The Morgan fingerprint density at radius 2 is 1.91 bits per heavy atom. The van der Waals surface area contributed by atoms with Crippen molar-refractivity contribution < 1.29 is 16.8 Å². The van der Waals surface area contributed by atoms with Gasteiger partial charge in [-0.05, 0) is 48.1 Å². The minimum absolute atomic E-state index is 0.0703. The number of nitrogens with two attached hydrogens (primary N) is 2. The molecule has 0 saturated heterocycles. The summed E-state index contributed by atoms with van der Waals surface area (Å²) in [4.78, 5) is 3.27. The lowest BCUT2D eigenvalue weighted by Gasteiger charge is -2.21. The van der Waals surface area contributed by atoms with Gasteiger partial charge in [0.05, 0.1) is 15.8 Å². The van der Waals surface area contributed by atoms with E-state index < -0.39 is 29.8 Å². The van der Waals surface area contributed by atoms with Gasteiger partial charge in [-0.3, -0.25) is 0 Å². The highest BCUT2D eigenvalue weighted by Gasteiger charge is 2.34. The number of nitrogens with zero attached hydrogens (tertiary/aromatic N) is 5. The van der Waals surface area contributed by atoms with Crippen LogP contribution in [0.3, 0.4) is 0 Å². The molecule has 13 nitrogen and oxygen atoms in total. The Kier molecular flexibility index (Phi) is 6.85. The molecule has 0 aliphatic rings. The fourth-order valence-electron chi connectivity index (χ4n) is 3.72. The summed E-state index contributed by atoms with van der Waals surface area (Å²) in [6, 6.07) is 8.01. The van der Waals surface area contributed by atoms with Gasteiger partial charge in [-0.15, -0.1) is 5.10 Å². The molecular formula is C19H23N9O4S3. The third-order valence-electron chi connectivity index (χ3n) is 5.30. The molecule has 2 aromatic carbocycles. The topological polar surface area (TPSA) is 203 Å². The number of rotatable bonds is 9. The molecule has 4 aromatic rings. The Morgan fingerprint density at radius 1 is 1.14 bits per heavy atom. The second kappa shape index (κ2) is 9.56. The highest BCUT2D eigenvalue weighted by Crippen LogP contribution is 2.42. The van der Waals surface area contributed by atoms with Gasteiger partial charge in [-0.1, -0.05) is 29.5 Å². The van der Waals surface area contributed by atoms with Crippen molar-refractivity contribution in [2.24, 2.45) is 5.14 Å². The molecule has 16 heteroatoms. The SMILES string of the molecule is CNCCCN(C)S(=O)(=O)c1ccc(-c2cccc3sc(N)nc23)c(-c2nnn[nH]2)c1S(N)(=O)=O. The van der Waals surface area contributed by atoms with Crippen LogP contribution in [-0.4, -0.2) is 73.9 Å². The molecule has 4 rings (SSSR count). The Hall–Kier alpha value is -3.02. The van der Waals surface area contributed by atoms with Gasteiger partial charge in [0.1, 0.15) is 9.79 Å². The number of nitrogen functional groups attached to an aromatic ring is 1. The van der Waals surface area contributed by atoms with Crippen LogP contribution in [-0.2, 0) is 20.0 Å². The standard InChI is InChI=1S/C19H23N9O4S3/c1-22-9-4-10-28(2)35(31,32)14-8-7-11(12-5-3-6-13-16(12)23-19(20)33-13)15(17(14)34(21,29)30)18-24-26-27-25-18/h3,5-8,22H,4,9-10H2,1-2H3,(H2,20,23)(H2,21,29,30)(H,24,25,26,27). The Bertz CT molecular complexity index is 1580. The quantitative estimate of drug-likeness (QED) is 0.219. The minimum Gasteiger partial charge on any atom is -0.375 e. The zero-order valence-corrected chi connectivity index (χ0v) is 21.2. The lowest BCUT2D eigenvalue weighted by molar-refractivity contribution is 0.456. The van der Waals surface area contributed by atoms with E-state index >= 15 is 0 Å². The molecular weight excluding hydrogens is 514 g/mol. The molecule has 0 aliphatic heterocycles. The second-order valence-corrected chi connectivity index (χ2v) is 12.2. The zero-order chi connectivity index (χ0) is 25.4. The first-order chi connectivity index (χ1) is 16.6. The van der Waals surface area contributed by atoms with Crippen molar-refractivity contribution >= 4 is 46.7 Å². The fraction of sp³-hybridized carbons (Fsp3) is 0.263. The Balaban J connectivity index is 2.05. The van der Waals surface area contributed by atoms with E-state index in [1.54, 1.807) is 19.2 Å². The van der Waals surface area contributed by atoms with E-state index in [9.17, 15) is 16.8 Å². The molecule has 0 atom stereocenters. The number of aromatic nitrogens is 5. The molecule has 0 bridgehead atoms. The van der Waals surface area contributed by atoms with Crippen LogP contribution in [0.5, 0.6) is 0 Å². The molecule has 186 valence electrons. The van der Waals surface area contributed by atoms with Gasteiger partial charge < -0.3 is 11.1 Å². The van der Waals surface area contributed by atoms with Crippen LogP contribution in [0.25, 0.3) is 32.7 Å². The van der Waals surface area contributed by atoms with Gasteiger partial charge in [0.15, 0.2) is 11.0 Å². The van der Waals surface area contributed by atoms with Crippen molar-refractivity contribution in [3.63, 3.8) is 0 Å². The van der Waals surface area contributed by atoms with E-state index in [1.807, 2.05) is 6.07 Å². The van der Waals surface area contributed by atoms with Crippen LogP contribution < -0.4 is 16.2 Å². The first kappa shape index (κ1) is 25.1. The molecule has 0 aliphatic carbocycles. The van der Waals surface area contributed by atoms with Gasteiger partial charge >= 0.3 is 0 Å². The maximum absolute atomic E-state index is 13.5. The number of para-hydroxylation sites is 1. The number of thiazole rings is 1. The Labute approximate surface area is 205 Å². The van der Waals surface area contributed by atoms with Gasteiger partial charge in [0.2, 0.25) is 20.0 Å². The lowest BCUT2D eigenvalue weighted by atomic mass is 9.98. The third kappa shape index (κ3) is 4.75. The number of sulfonamides is 2. The number of H-pyrrole nitrogens is 1. The summed E-state index contributed by atoms with van der Waals surface area (Å²) in [6.45, 7) is 0.738. The fourth-order valence-corrected chi connectivity index (χ4v) is 7.27. The number of aromatic amines is 1. The molecule has 0 amide bonds. The number of anilines is 1. The summed E-state index contributed by atoms with van der Waals surface area (Å²) in [5.41, 5.74) is 7.16. The maximum Gasteiger partial charge on any atom is 0.244 e. The number of nitrogens with one attached hydrogen (secondary N) is 2. The third-order valence-corrected chi connectivity index (χ3v) is 9.17. The van der Waals surface area contributed by atoms with E-state index in [4.69, 9.17) is 10.9 Å². The van der Waals surface area contributed by atoms with Crippen molar-refractivity contribution in [1.29, 1.82) is 0 Å². The molecule has 2 heterocycles. The number of benzene rings is 2. The molecule has 0 saturated carbocycles. The van der Waals surface area contributed by atoms with E-state index in [-0.39, 0.29) is 17.9 Å². The minimum atomic E-state index is -4.59. The summed E-state index contributed by atoms with van der Waals surface area (Å²) >= 11 is 1.26. The first-order valence-corrected chi connectivity index (χ1v) is 14.1. The number of primary sulfonamides is 1. The summed E-state index contributed by atoms with van der Waals surface area (Å²) in [5, 5.41) is 22.4. The summed E-state index contributed by atoms with van der Waals surface area (Å²) in [6.07, 6.45) is 0.515. The summed E-state index contributed by atoms with van der Waals surface area (Å²) < 4.78 is 54.6. The number of hydrogen-bond donors (Lipinski definition) is 4. The largest absolute Gasteiger partial charge is 0.375 e. The maximum atomic E-state index is 13.5. The average molecular weight is 538 g/mol. The second-order valence-electron chi connectivity index (χ2n) is 7.60. The van der Waals surface area contributed by atoms with Crippen molar-refractivity contribution in [2.75, 3.05) is 32.9 Å². The molecule has 0 fully saturated rings. The molecule has 6 N–H and O–H groups in total. The van der Waals surface area contributed by atoms with Gasteiger partial charge in [-0.2, -0.15) is 0 Å². The van der Waals surface area contributed by atoms with Crippen molar-refractivity contribution in [3.05, 3.63) is 30.3 Å². The molecule has 0 spiro atoms. The van der Waals surface area contributed by atoms with Gasteiger partial charge in [-0.25, -0.2) is 36.4 Å². The van der Waals surface area contributed by atoms with Crippen molar-refractivity contribution in [1.82, 2.24) is 35.2 Å². The van der Waals surface area contributed by atoms with Crippen LogP contribution in [0.2, 0.25) is 0 Å². The van der Waals surface area contributed by atoms with Crippen LogP contribution in [0, 0.1) is 0 Å². The monoisotopic (exact) mass is 537 g/mol. The van der Waals surface area contributed by atoms with Gasteiger partial charge in [0.25, 0.3) is 0 Å². The Morgan fingerprint density at radius 3 is 2.57 bits per heavy atom. The van der Waals surface area contributed by atoms with Crippen LogP contribution >= 0.6 is 11.3 Å². The molecule has 0 unspecified atom stereocenters. The normalized spacial score (nSPS) is 12.6. The predicted molar refractivity (Wildman–Crippen MR) is 132 cm³/mol. The molecule has 35 heavy (non-hydrogen) atoms. The zero-order valence-electron chi connectivity index (χ0n) is 18.8. The predicted octanol–water partition coefficient (Wildman–Crippen LogP) is 0.603. The van der Waals surface area contributed by atoms with E-state index in [1.165, 1.54) is 30.5 Å². The summed E-state index contributed by atoms with van der Waals surface area (Å²) in [5.74, 6) is -0.0703. The van der Waals surface area contributed by atoms with Crippen molar-refractivity contribution in [2.45, 2.75) is 16.2 Å². The van der Waals surface area contributed by atoms with Crippen molar-refractivity contribution in [3.8, 4) is 22.5 Å². The van der Waals surface area contributed by atoms with Crippen LogP contribution in [0.15, 0.2) is 40.1 Å².